The Labute approximate surface area is 438 Å². The maximum Gasteiger partial charge on any atom is 0.306 e. The minimum Gasteiger partial charge on any atom is -0.462 e. The first kappa shape index (κ1) is 68.4. The molecule has 0 aliphatic heterocycles. The van der Waals surface area contributed by atoms with Gasteiger partial charge in [-0.15, -0.1) is 0 Å². The third-order valence-electron chi connectivity index (χ3n) is 14.9. The number of rotatable bonds is 60. The largest absolute Gasteiger partial charge is 0.462 e. The van der Waals surface area contributed by atoms with E-state index in [4.69, 9.17) is 14.2 Å². The van der Waals surface area contributed by atoms with Crippen LogP contribution in [0, 0.1) is 0 Å². The van der Waals surface area contributed by atoms with E-state index in [0.29, 0.717) is 19.3 Å². The molecule has 0 aromatic rings. The van der Waals surface area contributed by atoms with Gasteiger partial charge in [0.1, 0.15) is 13.2 Å². The van der Waals surface area contributed by atoms with E-state index in [1.54, 1.807) is 0 Å². The maximum atomic E-state index is 12.8. The van der Waals surface area contributed by atoms with Crippen LogP contribution in [-0.4, -0.2) is 37.2 Å². The summed E-state index contributed by atoms with van der Waals surface area (Å²) in [6.45, 7) is 6.69. The van der Waals surface area contributed by atoms with Crippen LogP contribution in [0.25, 0.3) is 0 Å². The van der Waals surface area contributed by atoms with Gasteiger partial charge in [0.2, 0.25) is 0 Å². The molecule has 0 amide bonds. The van der Waals surface area contributed by atoms with Gasteiger partial charge >= 0.3 is 17.9 Å². The van der Waals surface area contributed by atoms with Crippen molar-refractivity contribution in [2.24, 2.45) is 0 Å². The Kier molecular flexibility index (Phi) is 58.6. The summed E-state index contributed by atoms with van der Waals surface area (Å²) in [6, 6.07) is 0. The number of esters is 3. The zero-order chi connectivity index (χ0) is 50.7. The standard InChI is InChI=1S/C64H124O6/c1-4-7-10-13-16-19-22-24-25-26-27-28-29-30-31-32-33-34-35-36-37-38-39-40-41-43-45-48-51-54-57-63(66)69-60-61(59-68-62(65)56-53-50-47-44-21-18-15-12-9-6-3)70-64(67)58-55-52-49-46-42-23-20-17-14-11-8-5-2/h61H,4-60H2,1-3H3. The van der Waals surface area contributed by atoms with E-state index >= 15 is 0 Å². The summed E-state index contributed by atoms with van der Waals surface area (Å²) >= 11 is 0. The molecule has 416 valence electrons. The molecule has 0 spiro atoms. The average Bonchev–Trinajstić information content (AvgIpc) is 3.36. The lowest BCUT2D eigenvalue weighted by molar-refractivity contribution is -0.167. The summed E-state index contributed by atoms with van der Waals surface area (Å²) in [4.78, 5) is 38.1. The predicted molar refractivity (Wildman–Crippen MR) is 303 cm³/mol. The van der Waals surface area contributed by atoms with E-state index in [0.717, 1.165) is 57.8 Å². The molecule has 0 rings (SSSR count). The molecule has 6 nitrogen and oxygen atoms in total. The van der Waals surface area contributed by atoms with Crippen molar-refractivity contribution in [1.82, 2.24) is 0 Å². The molecular weight excluding hydrogens is 865 g/mol. The first-order valence-electron chi connectivity index (χ1n) is 32.0. The molecule has 0 N–H and O–H groups in total. The van der Waals surface area contributed by atoms with E-state index in [1.807, 2.05) is 0 Å². The predicted octanol–water partition coefficient (Wildman–Crippen LogP) is 21.5. The van der Waals surface area contributed by atoms with Crippen LogP contribution in [0.2, 0.25) is 0 Å². The number of ether oxygens (including phenoxy) is 3. The first-order chi connectivity index (χ1) is 34.5. The van der Waals surface area contributed by atoms with E-state index in [9.17, 15) is 14.4 Å². The molecule has 0 radical (unpaired) electrons. The van der Waals surface area contributed by atoms with Crippen molar-refractivity contribution < 1.29 is 28.6 Å². The van der Waals surface area contributed by atoms with Gasteiger partial charge in [-0.25, -0.2) is 0 Å². The molecule has 0 saturated heterocycles. The van der Waals surface area contributed by atoms with Crippen LogP contribution >= 0.6 is 0 Å². The average molecular weight is 990 g/mol. The molecule has 6 heteroatoms. The van der Waals surface area contributed by atoms with Crippen LogP contribution in [0.1, 0.15) is 374 Å². The van der Waals surface area contributed by atoms with Crippen molar-refractivity contribution in [2.75, 3.05) is 13.2 Å². The highest BCUT2D eigenvalue weighted by atomic mass is 16.6. The SMILES string of the molecule is CCCCCCCCCCCCCCCCCCCCCCCCCCCCCCCCC(=O)OCC(COC(=O)CCCCCCCCCCCC)OC(=O)CCCCCCCCCCCCCC. The van der Waals surface area contributed by atoms with Crippen LogP contribution in [0.3, 0.4) is 0 Å². The number of carbonyl (C=O) groups is 3. The molecule has 1 unspecified atom stereocenters. The monoisotopic (exact) mass is 989 g/mol. The summed E-state index contributed by atoms with van der Waals surface area (Å²) in [6.07, 6.45) is 68.6. The van der Waals surface area contributed by atoms with Crippen LogP contribution in [0.15, 0.2) is 0 Å². The van der Waals surface area contributed by atoms with E-state index < -0.39 is 6.10 Å². The van der Waals surface area contributed by atoms with E-state index in [2.05, 4.69) is 20.8 Å². The molecule has 0 saturated carbocycles. The molecule has 0 aromatic carbocycles. The highest BCUT2D eigenvalue weighted by molar-refractivity contribution is 5.71. The number of hydrogen-bond donors (Lipinski definition) is 0. The van der Waals surface area contributed by atoms with Gasteiger partial charge < -0.3 is 14.2 Å². The zero-order valence-electron chi connectivity index (χ0n) is 47.8. The lowest BCUT2D eigenvalue weighted by Crippen LogP contribution is -2.30. The molecule has 0 heterocycles. The molecular formula is C64H124O6. The first-order valence-corrected chi connectivity index (χ1v) is 32.0. The van der Waals surface area contributed by atoms with Gasteiger partial charge in [-0.3, -0.25) is 14.4 Å². The van der Waals surface area contributed by atoms with Gasteiger partial charge in [-0.1, -0.05) is 335 Å². The summed E-state index contributed by atoms with van der Waals surface area (Å²) in [5.41, 5.74) is 0. The lowest BCUT2D eigenvalue weighted by atomic mass is 10.0. The van der Waals surface area contributed by atoms with Crippen molar-refractivity contribution >= 4 is 17.9 Å². The van der Waals surface area contributed by atoms with Gasteiger partial charge in [0.15, 0.2) is 6.10 Å². The molecule has 1 atom stereocenters. The molecule has 0 aliphatic rings. The highest BCUT2D eigenvalue weighted by Crippen LogP contribution is 2.19. The summed E-state index contributed by atoms with van der Waals surface area (Å²) in [7, 11) is 0. The Bertz CT molecular complexity index is 1040. The smallest absolute Gasteiger partial charge is 0.306 e. The van der Waals surface area contributed by atoms with Gasteiger partial charge in [0.25, 0.3) is 0 Å². The van der Waals surface area contributed by atoms with Gasteiger partial charge in [-0.05, 0) is 19.3 Å². The van der Waals surface area contributed by atoms with Crippen molar-refractivity contribution in [1.29, 1.82) is 0 Å². The Balaban J connectivity index is 3.99. The fraction of sp³-hybridized carbons (Fsp3) is 0.953. The fourth-order valence-electron chi connectivity index (χ4n) is 10.0. The Morgan fingerprint density at radius 3 is 0.571 bits per heavy atom. The van der Waals surface area contributed by atoms with Crippen molar-refractivity contribution in [3.05, 3.63) is 0 Å². The minimum atomic E-state index is -0.760. The van der Waals surface area contributed by atoms with Crippen LogP contribution in [0.5, 0.6) is 0 Å². The van der Waals surface area contributed by atoms with Crippen molar-refractivity contribution in [3.8, 4) is 0 Å². The molecule has 70 heavy (non-hydrogen) atoms. The minimum absolute atomic E-state index is 0.0614. The van der Waals surface area contributed by atoms with Crippen molar-refractivity contribution in [3.63, 3.8) is 0 Å². The third kappa shape index (κ3) is 57.3. The molecule has 0 bridgehead atoms. The second kappa shape index (κ2) is 60.0. The van der Waals surface area contributed by atoms with Gasteiger partial charge in [0.05, 0.1) is 0 Å². The molecule has 0 aromatic heterocycles. The highest BCUT2D eigenvalue weighted by Gasteiger charge is 2.19. The quantitative estimate of drug-likeness (QED) is 0.0343. The van der Waals surface area contributed by atoms with E-state index in [-0.39, 0.29) is 31.1 Å². The summed E-state index contributed by atoms with van der Waals surface area (Å²) in [5.74, 6) is -0.835. The van der Waals surface area contributed by atoms with E-state index in [1.165, 1.54) is 276 Å². The zero-order valence-corrected chi connectivity index (χ0v) is 47.8. The maximum absolute atomic E-state index is 12.8. The Morgan fingerprint density at radius 2 is 0.386 bits per heavy atom. The molecule has 0 aliphatic carbocycles. The number of unbranched alkanes of at least 4 members (excludes halogenated alkanes) is 49. The second-order valence-electron chi connectivity index (χ2n) is 22.1. The van der Waals surface area contributed by atoms with Crippen molar-refractivity contribution in [2.45, 2.75) is 380 Å². The van der Waals surface area contributed by atoms with Gasteiger partial charge in [-0.2, -0.15) is 0 Å². The second-order valence-corrected chi connectivity index (χ2v) is 22.1. The van der Waals surface area contributed by atoms with Crippen LogP contribution in [-0.2, 0) is 28.6 Å². The lowest BCUT2D eigenvalue weighted by Gasteiger charge is -2.18. The Hall–Kier alpha value is -1.59. The van der Waals surface area contributed by atoms with Crippen LogP contribution < -0.4 is 0 Å². The van der Waals surface area contributed by atoms with Crippen LogP contribution in [0.4, 0.5) is 0 Å². The summed E-state index contributed by atoms with van der Waals surface area (Å²) in [5, 5.41) is 0. The normalized spacial score (nSPS) is 11.9. The third-order valence-corrected chi connectivity index (χ3v) is 14.9. The number of carbonyl (C=O) groups excluding carboxylic acids is 3. The van der Waals surface area contributed by atoms with Gasteiger partial charge in [0, 0.05) is 19.3 Å². The number of hydrogen-bond acceptors (Lipinski definition) is 6. The summed E-state index contributed by atoms with van der Waals surface area (Å²) < 4.78 is 16.9. The molecule has 0 fully saturated rings. The Morgan fingerprint density at radius 1 is 0.229 bits per heavy atom. The fourth-order valence-corrected chi connectivity index (χ4v) is 10.0. The topological polar surface area (TPSA) is 78.9 Å².